The van der Waals surface area contributed by atoms with Crippen LogP contribution in [0.15, 0.2) is 52.7 Å². The monoisotopic (exact) mass is 548 g/mol. The molecular weight excluding hydrogens is 513 g/mol. The summed E-state index contributed by atoms with van der Waals surface area (Å²) >= 11 is 0. The van der Waals surface area contributed by atoms with Crippen molar-refractivity contribution in [3.05, 3.63) is 82.6 Å². The number of carbonyl (C=O) groups is 2. The first-order valence-corrected chi connectivity index (χ1v) is 12.3. The van der Waals surface area contributed by atoms with Crippen LogP contribution in [0.25, 0.3) is 11.0 Å². The second-order valence-corrected chi connectivity index (χ2v) is 8.63. The van der Waals surface area contributed by atoms with E-state index in [2.05, 4.69) is 15.5 Å². The molecule has 1 atom stereocenters. The van der Waals surface area contributed by atoms with Gasteiger partial charge in [-0.3, -0.25) is 14.6 Å². The third-order valence-electron chi connectivity index (χ3n) is 6.22. The van der Waals surface area contributed by atoms with Crippen molar-refractivity contribution in [2.75, 3.05) is 39.8 Å². The van der Waals surface area contributed by atoms with Crippen LogP contribution in [0.3, 0.4) is 0 Å². The topological polar surface area (TPSA) is 115 Å². The minimum atomic E-state index is -0.916. The van der Waals surface area contributed by atoms with Crippen LogP contribution in [-0.4, -0.2) is 62.3 Å². The molecule has 4 N–H and O–H groups in total. The fourth-order valence-electron chi connectivity index (χ4n) is 4.41. The van der Waals surface area contributed by atoms with E-state index < -0.39 is 23.6 Å². The molecule has 0 saturated carbocycles. The van der Waals surface area contributed by atoms with Crippen molar-refractivity contribution in [2.45, 2.75) is 26.5 Å². The number of piperazine rings is 1. The molecule has 1 amide bonds. The number of fused-ring (bicyclic) bond motifs is 1. The summed E-state index contributed by atoms with van der Waals surface area (Å²) in [7, 11) is 1.50. The maximum Gasteiger partial charge on any atom is 0.284 e. The van der Waals surface area contributed by atoms with Gasteiger partial charge in [0.15, 0.2) is 17.2 Å². The number of nitrogens with two attached hydrogens (primary N) is 2. The zero-order valence-electron chi connectivity index (χ0n) is 22.4. The van der Waals surface area contributed by atoms with Crippen molar-refractivity contribution in [3.63, 3.8) is 0 Å². The highest BCUT2D eigenvalue weighted by Crippen LogP contribution is 2.35. The first kappa shape index (κ1) is 31.5. The van der Waals surface area contributed by atoms with Gasteiger partial charge in [-0.2, -0.15) is 0 Å². The molecule has 1 aliphatic rings. The number of halogens is 3. The van der Waals surface area contributed by atoms with Gasteiger partial charge in [0.1, 0.15) is 30.3 Å². The van der Waals surface area contributed by atoms with E-state index in [0.29, 0.717) is 30.5 Å². The zero-order chi connectivity index (χ0) is 29.1. The van der Waals surface area contributed by atoms with Crippen LogP contribution in [0, 0.1) is 17.5 Å². The van der Waals surface area contributed by atoms with E-state index in [4.69, 9.17) is 19.7 Å². The largest absolute Gasteiger partial charge is 0.489 e. The molecule has 39 heavy (non-hydrogen) atoms. The number of hydrogen-bond donors (Lipinski definition) is 2. The third-order valence-corrected chi connectivity index (χ3v) is 6.22. The highest BCUT2D eigenvalue weighted by Gasteiger charge is 2.28. The van der Waals surface area contributed by atoms with Gasteiger partial charge in [0.05, 0.1) is 12.1 Å². The Hall–Kier alpha value is -3.67. The lowest BCUT2D eigenvalue weighted by Gasteiger charge is -2.35. The SMILES string of the molecule is C/C=C(/CN1CCN(Cc2ccccc2F)CC1)OC(C)c1c(C(N)=O)oc2c(F)cc(F)cc12.C=O.CN. The van der Waals surface area contributed by atoms with Crippen LogP contribution in [0.1, 0.15) is 41.6 Å². The lowest BCUT2D eigenvalue weighted by molar-refractivity contribution is -0.0980. The van der Waals surface area contributed by atoms with Gasteiger partial charge in [-0.05, 0) is 39.1 Å². The summed E-state index contributed by atoms with van der Waals surface area (Å²) in [5, 5.41) is 0.112. The van der Waals surface area contributed by atoms with Gasteiger partial charge in [-0.25, -0.2) is 13.2 Å². The maximum atomic E-state index is 14.2. The predicted molar refractivity (Wildman–Crippen MR) is 143 cm³/mol. The molecule has 1 unspecified atom stereocenters. The molecule has 8 nitrogen and oxygen atoms in total. The molecule has 11 heteroatoms. The molecule has 0 bridgehead atoms. The van der Waals surface area contributed by atoms with E-state index in [1.165, 1.54) is 13.1 Å². The van der Waals surface area contributed by atoms with Crippen LogP contribution in [-0.2, 0) is 16.1 Å². The van der Waals surface area contributed by atoms with Crippen LogP contribution in [0.5, 0.6) is 0 Å². The smallest absolute Gasteiger partial charge is 0.284 e. The molecule has 3 aromatic rings. The number of amides is 1. The van der Waals surface area contributed by atoms with Crippen LogP contribution in [0.4, 0.5) is 13.2 Å². The van der Waals surface area contributed by atoms with Crippen molar-refractivity contribution in [3.8, 4) is 0 Å². The summed E-state index contributed by atoms with van der Waals surface area (Å²) in [6.07, 6.45) is 1.07. The number of ether oxygens (including phenoxy) is 1. The predicted octanol–water partition coefficient (Wildman–Crippen LogP) is 4.14. The number of rotatable bonds is 8. The number of allylic oxidation sites excluding steroid dienone is 1. The molecule has 0 aliphatic carbocycles. The van der Waals surface area contributed by atoms with Gasteiger partial charge in [-0.1, -0.05) is 18.2 Å². The summed E-state index contributed by atoms with van der Waals surface area (Å²) < 4.78 is 53.5. The molecule has 212 valence electrons. The first-order valence-electron chi connectivity index (χ1n) is 12.3. The van der Waals surface area contributed by atoms with E-state index in [0.717, 1.165) is 32.2 Å². The van der Waals surface area contributed by atoms with Crippen molar-refractivity contribution in [1.82, 2.24) is 9.80 Å². The van der Waals surface area contributed by atoms with E-state index in [1.807, 2.05) is 25.9 Å². The Morgan fingerprint density at radius 3 is 2.28 bits per heavy atom. The normalized spacial score (nSPS) is 15.1. The van der Waals surface area contributed by atoms with E-state index >= 15 is 0 Å². The van der Waals surface area contributed by atoms with Crippen molar-refractivity contribution >= 4 is 23.7 Å². The van der Waals surface area contributed by atoms with E-state index in [1.54, 1.807) is 19.1 Å². The summed E-state index contributed by atoms with van der Waals surface area (Å²) in [5.74, 6) is -2.41. The standard InChI is InChI=1S/C26H28F3N3O3.CH5N.CH2O/c1-3-19(15-32-10-8-31(9-11-32)14-17-6-4-5-7-21(17)28)34-16(2)23-20-12-18(27)13-22(29)24(20)35-25(23)26(30)33;2*1-2/h3-7,12-13,16H,8-11,14-15H2,1-2H3,(H2,30,33);2H2,1H3;1H2/b19-3-;;. The Kier molecular flexibility index (Phi) is 12.2. The molecule has 1 aromatic heterocycles. The van der Waals surface area contributed by atoms with Gasteiger partial charge in [0, 0.05) is 49.7 Å². The number of primary amides is 1. The Bertz CT molecular complexity index is 1270. The van der Waals surface area contributed by atoms with Gasteiger partial charge in [0.25, 0.3) is 5.91 Å². The molecule has 2 heterocycles. The molecule has 1 saturated heterocycles. The Labute approximate surface area is 226 Å². The molecular formula is C28H35F3N4O4. The average molecular weight is 549 g/mol. The number of benzene rings is 2. The van der Waals surface area contributed by atoms with Crippen LogP contribution >= 0.6 is 0 Å². The van der Waals surface area contributed by atoms with E-state index in [-0.39, 0.29) is 28.1 Å². The molecule has 1 fully saturated rings. The molecule has 0 radical (unpaired) electrons. The summed E-state index contributed by atoms with van der Waals surface area (Å²) in [6.45, 7) is 9.66. The van der Waals surface area contributed by atoms with Crippen molar-refractivity contribution in [1.29, 1.82) is 0 Å². The third kappa shape index (κ3) is 7.92. The lowest BCUT2D eigenvalue weighted by Crippen LogP contribution is -2.46. The Balaban J connectivity index is 0.00000127. The molecule has 2 aromatic carbocycles. The fraction of sp³-hybridized carbons (Fsp3) is 0.357. The van der Waals surface area contributed by atoms with E-state index in [9.17, 15) is 18.0 Å². The van der Waals surface area contributed by atoms with Gasteiger partial charge < -0.3 is 25.4 Å². The number of nitrogens with zero attached hydrogens (tertiary/aromatic N) is 2. The Morgan fingerprint density at radius 2 is 1.69 bits per heavy atom. The first-order chi connectivity index (χ1) is 18.8. The lowest BCUT2D eigenvalue weighted by atomic mass is 10.1. The van der Waals surface area contributed by atoms with Crippen LogP contribution in [0.2, 0.25) is 0 Å². The minimum Gasteiger partial charge on any atom is -0.489 e. The molecule has 4 rings (SSSR count). The second kappa shape index (κ2) is 15.1. The van der Waals surface area contributed by atoms with Crippen molar-refractivity contribution < 1.29 is 31.9 Å². The number of carbonyl (C=O) groups excluding carboxylic acids is 2. The maximum absolute atomic E-state index is 14.2. The second-order valence-electron chi connectivity index (χ2n) is 8.63. The Morgan fingerprint density at radius 1 is 1.08 bits per heavy atom. The van der Waals surface area contributed by atoms with Gasteiger partial charge in [0.2, 0.25) is 0 Å². The highest BCUT2D eigenvalue weighted by atomic mass is 19.1. The minimum absolute atomic E-state index is 0.112. The summed E-state index contributed by atoms with van der Waals surface area (Å²) in [4.78, 5) is 24.4. The molecule has 0 spiro atoms. The quantitative estimate of drug-likeness (QED) is 0.407. The summed E-state index contributed by atoms with van der Waals surface area (Å²) in [5.41, 5.74) is 10.6. The average Bonchev–Trinajstić information content (AvgIpc) is 3.33. The fourth-order valence-corrected chi connectivity index (χ4v) is 4.41. The summed E-state index contributed by atoms with van der Waals surface area (Å²) in [6, 6.07) is 8.58. The van der Waals surface area contributed by atoms with Gasteiger partial charge in [-0.15, -0.1) is 0 Å². The highest BCUT2D eigenvalue weighted by molar-refractivity contribution is 5.98. The number of hydrogen-bond acceptors (Lipinski definition) is 7. The van der Waals surface area contributed by atoms with Crippen LogP contribution < -0.4 is 11.5 Å². The zero-order valence-corrected chi connectivity index (χ0v) is 22.4. The molecule has 1 aliphatic heterocycles. The van der Waals surface area contributed by atoms with Crippen molar-refractivity contribution in [2.24, 2.45) is 11.5 Å². The van der Waals surface area contributed by atoms with Gasteiger partial charge >= 0.3 is 0 Å². The number of furan rings is 1.